The lowest BCUT2D eigenvalue weighted by atomic mass is 10.2. The summed E-state index contributed by atoms with van der Waals surface area (Å²) in [4.78, 5) is 27.3. The molecule has 10 nitrogen and oxygen atoms in total. The van der Waals surface area contributed by atoms with Gasteiger partial charge in [0.2, 0.25) is 11.6 Å². The molecule has 1 aliphatic rings. The van der Waals surface area contributed by atoms with Crippen molar-refractivity contribution in [3.8, 4) is 11.6 Å². The predicted octanol–water partition coefficient (Wildman–Crippen LogP) is 4.30. The lowest BCUT2D eigenvalue weighted by Gasteiger charge is -2.28. The minimum Gasteiger partial charge on any atom is -0.432 e. The molecule has 1 aromatic carbocycles. The summed E-state index contributed by atoms with van der Waals surface area (Å²) in [5, 5.41) is 11.2. The Kier molecular flexibility index (Phi) is 7.53. The molecule has 0 spiro atoms. The van der Waals surface area contributed by atoms with Gasteiger partial charge >= 0.3 is 11.4 Å². The van der Waals surface area contributed by atoms with Crippen LogP contribution in [-0.2, 0) is 13.6 Å². The maximum atomic E-state index is 12.8. The van der Waals surface area contributed by atoms with Crippen LogP contribution >= 0.6 is 0 Å². The van der Waals surface area contributed by atoms with Crippen LogP contribution < -0.4 is 10.4 Å². The zero-order valence-electron chi connectivity index (χ0n) is 19.8. The predicted molar refractivity (Wildman–Crippen MR) is 128 cm³/mol. The van der Waals surface area contributed by atoms with E-state index in [0.717, 1.165) is 0 Å². The van der Waals surface area contributed by atoms with Gasteiger partial charge in [0.15, 0.2) is 16.6 Å². The van der Waals surface area contributed by atoms with Crippen molar-refractivity contribution < 1.29 is 23.2 Å². The summed E-state index contributed by atoms with van der Waals surface area (Å²) in [6.45, 7) is 13.1. The average Bonchev–Trinajstić information content (AvgIpc) is 3.07. The van der Waals surface area contributed by atoms with Gasteiger partial charge in [0.05, 0.1) is 17.6 Å². The molecule has 1 aromatic heterocycles. The van der Waals surface area contributed by atoms with Crippen molar-refractivity contribution in [2.24, 2.45) is 0 Å². The fraction of sp³-hybridized carbons (Fsp3) is 0.524. The van der Waals surface area contributed by atoms with Crippen LogP contribution in [0.5, 0.6) is 11.6 Å². The Bertz CT molecular complexity index is 1050. The third-order valence-corrected chi connectivity index (χ3v) is 6.80. The second-order valence-electron chi connectivity index (χ2n) is 9.84. The Balaban J connectivity index is 1.78. The SMILES string of the molecule is C[Si](C)(C)OC[C@H]1O[C@@H](n2ccc(Oc3ccccc3[N+](=O)[O-])nc2=O)CC1O[Si](C)(C)C. The van der Waals surface area contributed by atoms with Gasteiger partial charge in [-0.05, 0) is 45.3 Å². The Morgan fingerprint density at radius 2 is 1.85 bits per heavy atom. The molecule has 2 aromatic rings. The van der Waals surface area contributed by atoms with E-state index in [1.165, 1.54) is 35.0 Å². The summed E-state index contributed by atoms with van der Waals surface area (Å²) in [7, 11) is -3.60. The van der Waals surface area contributed by atoms with E-state index in [1.807, 2.05) is 0 Å². The summed E-state index contributed by atoms with van der Waals surface area (Å²) in [6, 6.07) is 7.41. The fourth-order valence-electron chi connectivity index (χ4n) is 3.41. The van der Waals surface area contributed by atoms with Gasteiger partial charge in [-0.2, -0.15) is 4.98 Å². The summed E-state index contributed by atoms with van der Waals surface area (Å²) in [6.07, 6.45) is 0.991. The first-order chi connectivity index (χ1) is 15.3. The van der Waals surface area contributed by atoms with E-state index in [4.69, 9.17) is 18.3 Å². The first kappa shape index (κ1) is 25.2. The number of para-hydroxylation sites is 2. The number of hydrogen-bond donors (Lipinski definition) is 0. The van der Waals surface area contributed by atoms with Crippen LogP contribution in [0.4, 0.5) is 5.69 Å². The van der Waals surface area contributed by atoms with E-state index in [1.54, 1.807) is 6.07 Å². The molecule has 3 atom stereocenters. The van der Waals surface area contributed by atoms with Crippen LogP contribution in [0.15, 0.2) is 41.3 Å². The maximum Gasteiger partial charge on any atom is 0.352 e. The number of rotatable bonds is 9. The molecule has 1 saturated heterocycles. The summed E-state index contributed by atoms with van der Waals surface area (Å²) in [5.41, 5.74) is -0.784. The second kappa shape index (κ2) is 9.85. The molecule has 2 heterocycles. The Morgan fingerprint density at radius 1 is 1.15 bits per heavy atom. The zero-order valence-corrected chi connectivity index (χ0v) is 21.8. The van der Waals surface area contributed by atoms with Crippen molar-refractivity contribution in [2.45, 2.75) is 64.1 Å². The maximum absolute atomic E-state index is 12.8. The molecule has 0 aliphatic carbocycles. The Labute approximate surface area is 194 Å². The van der Waals surface area contributed by atoms with Crippen molar-refractivity contribution in [2.75, 3.05) is 6.61 Å². The normalized spacial score (nSPS) is 21.2. The smallest absolute Gasteiger partial charge is 0.352 e. The molecule has 0 amide bonds. The van der Waals surface area contributed by atoms with Gasteiger partial charge in [-0.3, -0.25) is 14.7 Å². The molecule has 1 fully saturated rings. The molecular weight excluding hydrogens is 462 g/mol. The van der Waals surface area contributed by atoms with Gasteiger partial charge in [0.1, 0.15) is 12.3 Å². The first-order valence-electron chi connectivity index (χ1n) is 10.8. The monoisotopic (exact) mass is 493 g/mol. The third-order valence-electron chi connectivity index (χ3n) is 4.76. The molecular formula is C21H31N3O7Si2. The number of nitro groups is 1. The van der Waals surface area contributed by atoms with Crippen LogP contribution in [0.25, 0.3) is 0 Å². The Morgan fingerprint density at radius 3 is 2.45 bits per heavy atom. The van der Waals surface area contributed by atoms with Crippen LogP contribution in [0, 0.1) is 10.1 Å². The second-order valence-corrected chi connectivity index (χ2v) is 18.8. The molecule has 180 valence electrons. The van der Waals surface area contributed by atoms with Crippen molar-refractivity contribution in [3.63, 3.8) is 0 Å². The summed E-state index contributed by atoms with van der Waals surface area (Å²) < 4.78 is 25.5. The molecule has 33 heavy (non-hydrogen) atoms. The van der Waals surface area contributed by atoms with Crippen LogP contribution in [0.2, 0.25) is 39.3 Å². The van der Waals surface area contributed by atoms with Gasteiger partial charge in [0, 0.05) is 24.8 Å². The fourth-order valence-corrected chi connectivity index (χ4v) is 5.23. The number of benzene rings is 1. The van der Waals surface area contributed by atoms with Gasteiger partial charge in [-0.1, -0.05) is 12.1 Å². The van der Waals surface area contributed by atoms with Crippen molar-refractivity contribution in [1.82, 2.24) is 9.55 Å². The highest BCUT2D eigenvalue weighted by molar-refractivity contribution is 6.70. The molecule has 0 N–H and O–H groups in total. The van der Waals surface area contributed by atoms with Gasteiger partial charge in [-0.25, -0.2) is 4.79 Å². The van der Waals surface area contributed by atoms with E-state index >= 15 is 0 Å². The highest BCUT2D eigenvalue weighted by Crippen LogP contribution is 2.33. The zero-order chi connectivity index (χ0) is 24.4. The number of nitro benzene ring substituents is 1. The van der Waals surface area contributed by atoms with E-state index in [2.05, 4.69) is 44.3 Å². The highest BCUT2D eigenvalue weighted by Gasteiger charge is 2.40. The molecule has 1 unspecified atom stereocenters. The van der Waals surface area contributed by atoms with Crippen LogP contribution in [0.1, 0.15) is 12.6 Å². The van der Waals surface area contributed by atoms with E-state index in [-0.39, 0.29) is 29.5 Å². The number of nitrogens with zero attached hydrogens (tertiary/aromatic N) is 3. The molecule has 0 radical (unpaired) electrons. The molecule has 3 rings (SSSR count). The standard InChI is InChI=1S/C21H31N3O7Si2/c1-32(2,3)28-14-18-17(31-33(4,5)6)13-20(30-18)23-12-11-19(22-21(23)25)29-16-10-8-7-9-15(16)24(26)27/h7-12,17-18,20H,13-14H2,1-6H3/t17?,18-,20-/m1/s1. The van der Waals surface area contributed by atoms with E-state index in [0.29, 0.717) is 13.0 Å². The summed E-state index contributed by atoms with van der Waals surface area (Å²) >= 11 is 0. The molecule has 1 aliphatic heterocycles. The average molecular weight is 494 g/mol. The minimum atomic E-state index is -1.85. The number of hydrogen-bond acceptors (Lipinski definition) is 8. The van der Waals surface area contributed by atoms with Gasteiger partial charge in [-0.15, -0.1) is 0 Å². The lowest BCUT2D eigenvalue weighted by molar-refractivity contribution is -0.385. The van der Waals surface area contributed by atoms with Crippen LogP contribution in [-0.4, -0.2) is 49.9 Å². The number of ether oxygens (including phenoxy) is 2. The van der Waals surface area contributed by atoms with Crippen molar-refractivity contribution in [1.29, 1.82) is 0 Å². The van der Waals surface area contributed by atoms with Crippen molar-refractivity contribution >= 4 is 22.3 Å². The largest absolute Gasteiger partial charge is 0.432 e. The van der Waals surface area contributed by atoms with Gasteiger partial charge < -0.3 is 18.3 Å². The molecule has 0 saturated carbocycles. The topological polar surface area (TPSA) is 115 Å². The highest BCUT2D eigenvalue weighted by atomic mass is 28.4. The first-order valence-corrected chi connectivity index (χ1v) is 17.6. The quantitative estimate of drug-likeness (QED) is 0.288. The summed E-state index contributed by atoms with van der Waals surface area (Å²) in [5.74, 6) is -0.0199. The molecule has 0 bridgehead atoms. The number of aromatic nitrogens is 2. The lowest BCUT2D eigenvalue weighted by Crippen LogP contribution is -2.40. The van der Waals surface area contributed by atoms with E-state index in [9.17, 15) is 14.9 Å². The molecule has 12 heteroatoms. The van der Waals surface area contributed by atoms with Crippen LogP contribution in [0.3, 0.4) is 0 Å². The van der Waals surface area contributed by atoms with E-state index < -0.39 is 33.5 Å². The van der Waals surface area contributed by atoms with Gasteiger partial charge in [0.25, 0.3) is 0 Å². The Hall–Kier alpha value is -2.39. The minimum absolute atomic E-state index is 0.0106. The van der Waals surface area contributed by atoms with Crippen molar-refractivity contribution in [3.05, 3.63) is 57.1 Å². The third kappa shape index (κ3) is 7.05.